The van der Waals surface area contributed by atoms with E-state index in [2.05, 4.69) is 22.3 Å². The predicted molar refractivity (Wildman–Crippen MR) is 114 cm³/mol. The first-order chi connectivity index (χ1) is 13.9. The van der Waals surface area contributed by atoms with Crippen LogP contribution in [0.5, 0.6) is 5.75 Å². The second-order valence-electron chi connectivity index (χ2n) is 7.03. The highest BCUT2D eigenvalue weighted by Crippen LogP contribution is 2.37. The highest BCUT2D eigenvalue weighted by atomic mass is 32.2. The minimum atomic E-state index is -0.414. The molecule has 0 bridgehead atoms. The third-order valence-electron chi connectivity index (χ3n) is 4.33. The van der Waals surface area contributed by atoms with Crippen LogP contribution in [0.15, 0.2) is 40.7 Å². The molecule has 1 unspecified atom stereocenters. The molecule has 7 nitrogen and oxygen atoms in total. The van der Waals surface area contributed by atoms with Crippen LogP contribution < -0.4 is 10.1 Å². The molecular weight excluding hydrogens is 388 g/mol. The van der Waals surface area contributed by atoms with Gasteiger partial charge in [0, 0.05) is 5.70 Å². The summed E-state index contributed by atoms with van der Waals surface area (Å²) in [5, 5.41) is 8.54. The van der Waals surface area contributed by atoms with Crippen molar-refractivity contribution < 1.29 is 14.3 Å². The molecule has 1 aliphatic rings. The summed E-state index contributed by atoms with van der Waals surface area (Å²) in [5.74, 6) is 1.94. The number of anilines is 1. The summed E-state index contributed by atoms with van der Waals surface area (Å²) >= 11 is 1.56. The maximum absolute atomic E-state index is 12.9. The van der Waals surface area contributed by atoms with Crippen LogP contribution in [-0.4, -0.2) is 39.2 Å². The van der Waals surface area contributed by atoms with E-state index >= 15 is 0 Å². The molecule has 1 N–H and O–H groups in total. The van der Waals surface area contributed by atoms with Gasteiger partial charge in [0.15, 0.2) is 0 Å². The summed E-state index contributed by atoms with van der Waals surface area (Å²) < 4.78 is 13.0. The van der Waals surface area contributed by atoms with Gasteiger partial charge >= 0.3 is 5.97 Å². The lowest BCUT2D eigenvalue weighted by molar-refractivity contribution is -0.139. The van der Waals surface area contributed by atoms with Gasteiger partial charge in [0.25, 0.3) is 0 Å². The van der Waals surface area contributed by atoms with Gasteiger partial charge in [-0.1, -0.05) is 37.7 Å². The number of benzene rings is 1. The van der Waals surface area contributed by atoms with Crippen LogP contribution >= 0.6 is 11.8 Å². The van der Waals surface area contributed by atoms with Crippen LogP contribution in [0.25, 0.3) is 0 Å². The van der Waals surface area contributed by atoms with Gasteiger partial charge in [0.05, 0.1) is 18.3 Å². The van der Waals surface area contributed by atoms with Crippen molar-refractivity contribution >= 4 is 23.7 Å². The van der Waals surface area contributed by atoms with Crippen molar-refractivity contribution in [2.75, 3.05) is 17.7 Å². The number of hydrogen-bond acceptors (Lipinski definition) is 7. The number of aromatic nitrogens is 3. The monoisotopic (exact) mass is 416 g/mol. The normalized spacial score (nSPS) is 15.9. The van der Waals surface area contributed by atoms with Crippen LogP contribution in [0.3, 0.4) is 0 Å². The molecule has 8 heteroatoms. The predicted octanol–water partition coefficient (Wildman–Crippen LogP) is 4.42. The summed E-state index contributed by atoms with van der Waals surface area (Å²) in [6.07, 6.45) is 0.862. The number of hydrogen-bond donors (Lipinski definition) is 1. The number of allylic oxidation sites excluding steroid dienone is 1. The van der Waals surface area contributed by atoms with Crippen molar-refractivity contribution in [3.63, 3.8) is 0 Å². The van der Waals surface area contributed by atoms with Crippen LogP contribution in [0.2, 0.25) is 0 Å². The number of nitrogens with zero attached hydrogens (tertiary/aromatic N) is 3. The van der Waals surface area contributed by atoms with Gasteiger partial charge in [0.2, 0.25) is 11.1 Å². The summed E-state index contributed by atoms with van der Waals surface area (Å²) in [7, 11) is 0. The average molecular weight is 417 g/mol. The van der Waals surface area contributed by atoms with Crippen LogP contribution in [-0.2, 0) is 9.53 Å². The molecule has 0 radical (unpaired) electrons. The molecule has 0 saturated heterocycles. The molecule has 1 aromatic heterocycles. The third-order valence-corrected chi connectivity index (χ3v) is 5.05. The summed E-state index contributed by atoms with van der Waals surface area (Å²) in [6, 6.07) is 7.35. The standard InChI is InChI=1S/C21H28N4O3S/c1-6-12-27-19(26)17-14(5)22-20-23-21(29-7-2)24-25(20)18(17)15-8-10-16(11-9-15)28-13(3)4/h8-11,13,18H,6-7,12H2,1-5H3,(H,22,23,24). The largest absolute Gasteiger partial charge is 0.491 e. The van der Waals surface area contributed by atoms with E-state index in [1.165, 1.54) is 0 Å². The van der Waals surface area contributed by atoms with Gasteiger partial charge in [-0.3, -0.25) is 0 Å². The minimum Gasteiger partial charge on any atom is -0.491 e. The molecule has 0 saturated carbocycles. The lowest BCUT2D eigenvalue weighted by Crippen LogP contribution is -2.29. The number of nitrogens with one attached hydrogen (secondary N) is 1. The second kappa shape index (κ2) is 9.35. The Bertz CT molecular complexity index is 890. The molecule has 0 spiro atoms. The summed E-state index contributed by atoms with van der Waals surface area (Å²) in [5.41, 5.74) is 2.19. The highest BCUT2D eigenvalue weighted by Gasteiger charge is 2.35. The van der Waals surface area contributed by atoms with E-state index in [9.17, 15) is 4.79 Å². The van der Waals surface area contributed by atoms with E-state index in [0.29, 0.717) is 23.3 Å². The lowest BCUT2D eigenvalue weighted by Gasteiger charge is -2.28. The molecule has 2 heterocycles. The fraction of sp³-hybridized carbons (Fsp3) is 0.476. The van der Waals surface area contributed by atoms with E-state index in [-0.39, 0.29) is 12.1 Å². The Labute approximate surface area is 175 Å². The maximum Gasteiger partial charge on any atom is 0.338 e. The van der Waals surface area contributed by atoms with E-state index < -0.39 is 6.04 Å². The summed E-state index contributed by atoms with van der Waals surface area (Å²) in [6.45, 7) is 10.3. The Balaban J connectivity index is 2.03. The van der Waals surface area contributed by atoms with E-state index in [0.717, 1.165) is 29.2 Å². The lowest BCUT2D eigenvalue weighted by atomic mass is 9.96. The van der Waals surface area contributed by atoms with Crippen molar-refractivity contribution in [2.24, 2.45) is 0 Å². The fourth-order valence-electron chi connectivity index (χ4n) is 3.17. The number of thioether (sulfide) groups is 1. The Morgan fingerprint density at radius 3 is 2.62 bits per heavy atom. The molecule has 2 aromatic rings. The van der Waals surface area contributed by atoms with Gasteiger partial charge in [-0.05, 0) is 50.6 Å². The van der Waals surface area contributed by atoms with Gasteiger partial charge < -0.3 is 14.8 Å². The molecule has 29 heavy (non-hydrogen) atoms. The van der Waals surface area contributed by atoms with E-state index in [1.54, 1.807) is 16.4 Å². The molecule has 0 amide bonds. The first kappa shape index (κ1) is 21.2. The maximum atomic E-state index is 12.9. The molecule has 1 atom stereocenters. The molecular formula is C21H28N4O3S. The smallest absolute Gasteiger partial charge is 0.338 e. The Morgan fingerprint density at radius 1 is 1.28 bits per heavy atom. The zero-order chi connectivity index (χ0) is 21.0. The van der Waals surface area contributed by atoms with E-state index in [1.807, 2.05) is 52.0 Å². The van der Waals surface area contributed by atoms with Gasteiger partial charge in [-0.2, -0.15) is 4.98 Å². The van der Waals surface area contributed by atoms with Crippen LogP contribution in [0.4, 0.5) is 5.95 Å². The molecule has 1 aromatic carbocycles. The Morgan fingerprint density at radius 2 is 2.00 bits per heavy atom. The zero-order valence-electron chi connectivity index (χ0n) is 17.6. The zero-order valence-corrected chi connectivity index (χ0v) is 18.4. The molecule has 0 fully saturated rings. The van der Waals surface area contributed by atoms with Crippen LogP contribution in [0, 0.1) is 0 Å². The third kappa shape index (κ3) is 4.75. The van der Waals surface area contributed by atoms with Gasteiger partial charge in [-0.25, -0.2) is 9.48 Å². The average Bonchev–Trinajstić information content (AvgIpc) is 3.07. The number of rotatable bonds is 8. The number of fused-ring (bicyclic) bond motifs is 1. The number of carbonyl (C=O) groups is 1. The first-order valence-corrected chi connectivity index (χ1v) is 10.9. The quantitative estimate of drug-likeness (QED) is 0.504. The first-order valence-electron chi connectivity index (χ1n) is 9.95. The fourth-order valence-corrected chi connectivity index (χ4v) is 3.72. The molecule has 1 aliphatic heterocycles. The Hall–Kier alpha value is -2.48. The van der Waals surface area contributed by atoms with Crippen molar-refractivity contribution in [3.8, 4) is 5.75 Å². The van der Waals surface area contributed by atoms with Crippen molar-refractivity contribution in [1.29, 1.82) is 0 Å². The number of ether oxygens (including phenoxy) is 2. The SMILES string of the molecule is CCCOC(=O)C1=C(C)Nc2nc(SCC)nn2C1c1ccc(OC(C)C)cc1. The van der Waals surface area contributed by atoms with Crippen molar-refractivity contribution in [3.05, 3.63) is 41.1 Å². The molecule has 3 rings (SSSR count). The Kier molecular flexibility index (Phi) is 6.84. The van der Waals surface area contributed by atoms with Crippen molar-refractivity contribution in [2.45, 2.75) is 58.3 Å². The number of esters is 1. The van der Waals surface area contributed by atoms with Gasteiger partial charge in [0.1, 0.15) is 11.8 Å². The minimum absolute atomic E-state index is 0.0944. The highest BCUT2D eigenvalue weighted by molar-refractivity contribution is 7.99. The molecule has 156 valence electrons. The van der Waals surface area contributed by atoms with Crippen LogP contribution in [0.1, 0.15) is 52.6 Å². The topological polar surface area (TPSA) is 78.3 Å². The van der Waals surface area contributed by atoms with E-state index in [4.69, 9.17) is 9.47 Å². The second-order valence-corrected chi connectivity index (χ2v) is 8.26. The van der Waals surface area contributed by atoms with Crippen molar-refractivity contribution in [1.82, 2.24) is 14.8 Å². The summed E-state index contributed by atoms with van der Waals surface area (Å²) in [4.78, 5) is 17.5. The number of carbonyl (C=O) groups excluding carboxylic acids is 1. The van der Waals surface area contributed by atoms with Gasteiger partial charge in [-0.15, -0.1) is 5.10 Å². The molecule has 0 aliphatic carbocycles.